The molecule has 2 fully saturated rings. The number of nitrogens with two attached hydrogens (primary N) is 1. The van der Waals surface area contributed by atoms with Crippen LogP contribution in [0.15, 0.2) is 24.3 Å². The minimum absolute atomic E-state index is 0.412. The zero-order chi connectivity index (χ0) is 13.4. The van der Waals surface area contributed by atoms with Crippen molar-refractivity contribution in [2.45, 2.75) is 38.3 Å². The molecule has 1 saturated carbocycles. The van der Waals surface area contributed by atoms with Crippen molar-refractivity contribution >= 4 is 11.6 Å². The first-order chi connectivity index (χ1) is 9.15. The normalized spacial score (nSPS) is 33.1. The Morgan fingerprint density at radius 2 is 2.16 bits per heavy atom. The number of likely N-dealkylation sites (tertiary alicyclic amines) is 1. The molecule has 0 amide bonds. The van der Waals surface area contributed by atoms with Gasteiger partial charge in [0.15, 0.2) is 0 Å². The molecule has 1 heterocycles. The number of benzene rings is 1. The second-order valence-electron chi connectivity index (χ2n) is 6.20. The minimum Gasteiger partial charge on any atom is -0.327 e. The Hall–Kier alpha value is -0.570. The van der Waals surface area contributed by atoms with E-state index in [2.05, 4.69) is 24.0 Å². The van der Waals surface area contributed by atoms with Gasteiger partial charge in [0.25, 0.3) is 0 Å². The molecule has 4 atom stereocenters. The minimum atomic E-state index is 0.412. The summed E-state index contributed by atoms with van der Waals surface area (Å²) in [5, 5.41) is 0.831. The largest absolute Gasteiger partial charge is 0.327 e. The molecule has 3 heteroatoms. The van der Waals surface area contributed by atoms with Crippen LogP contribution in [0, 0.1) is 11.8 Å². The van der Waals surface area contributed by atoms with Gasteiger partial charge in [-0.05, 0) is 49.3 Å². The van der Waals surface area contributed by atoms with Crippen molar-refractivity contribution in [2.24, 2.45) is 17.6 Å². The molecule has 1 aliphatic heterocycles. The van der Waals surface area contributed by atoms with Gasteiger partial charge in [0.2, 0.25) is 0 Å². The number of nitrogens with zero attached hydrogens (tertiary/aromatic N) is 1. The molecule has 19 heavy (non-hydrogen) atoms. The summed E-state index contributed by atoms with van der Waals surface area (Å²) in [5.74, 6) is 1.51. The molecule has 0 spiro atoms. The molecule has 1 saturated heterocycles. The summed E-state index contributed by atoms with van der Waals surface area (Å²) in [6.07, 6.45) is 3.87. The number of rotatable bonds is 2. The van der Waals surface area contributed by atoms with Crippen LogP contribution in [-0.2, 0) is 0 Å². The van der Waals surface area contributed by atoms with Gasteiger partial charge < -0.3 is 5.73 Å². The first-order valence-electron chi connectivity index (χ1n) is 7.40. The summed E-state index contributed by atoms with van der Waals surface area (Å²) in [7, 11) is 0. The fraction of sp³-hybridized carbons (Fsp3) is 0.625. The lowest BCUT2D eigenvalue weighted by Gasteiger charge is -2.30. The molecule has 0 aromatic heterocycles. The van der Waals surface area contributed by atoms with Crippen molar-refractivity contribution in [3.05, 3.63) is 34.9 Å². The lowest BCUT2D eigenvalue weighted by molar-refractivity contribution is 0.245. The van der Waals surface area contributed by atoms with E-state index in [0.717, 1.165) is 17.5 Å². The van der Waals surface area contributed by atoms with Crippen LogP contribution in [0.2, 0.25) is 5.02 Å². The molecule has 1 aliphatic carbocycles. The standard InChI is InChI=1S/C16H23ClN2/c1-11(12-4-2-6-14(17)8-12)19-9-13-5-3-7-16(18)15(13)10-19/h2,4,6,8,11,13,15-16H,3,5,7,9-10,18H2,1H3. The van der Waals surface area contributed by atoms with E-state index in [0.29, 0.717) is 18.0 Å². The van der Waals surface area contributed by atoms with Crippen LogP contribution < -0.4 is 5.73 Å². The van der Waals surface area contributed by atoms with Crippen LogP contribution in [0.25, 0.3) is 0 Å². The van der Waals surface area contributed by atoms with Gasteiger partial charge in [-0.3, -0.25) is 4.90 Å². The number of halogens is 1. The van der Waals surface area contributed by atoms with Crippen molar-refractivity contribution in [1.29, 1.82) is 0 Å². The first-order valence-corrected chi connectivity index (χ1v) is 7.78. The van der Waals surface area contributed by atoms with Crippen LogP contribution in [0.1, 0.15) is 37.8 Å². The van der Waals surface area contributed by atoms with E-state index >= 15 is 0 Å². The molecule has 0 radical (unpaired) electrons. The molecular formula is C16H23ClN2. The van der Waals surface area contributed by atoms with Crippen LogP contribution in [0.4, 0.5) is 0 Å². The Bertz CT molecular complexity index is 448. The molecule has 2 nitrogen and oxygen atoms in total. The third-order valence-electron chi connectivity index (χ3n) is 5.06. The van der Waals surface area contributed by atoms with E-state index in [1.54, 1.807) is 0 Å². The number of hydrogen-bond acceptors (Lipinski definition) is 2. The SMILES string of the molecule is CC(c1cccc(Cl)c1)N1CC2CCCC(N)C2C1. The summed E-state index contributed by atoms with van der Waals surface area (Å²) in [5.41, 5.74) is 7.62. The van der Waals surface area contributed by atoms with Crippen LogP contribution in [-0.4, -0.2) is 24.0 Å². The maximum absolute atomic E-state index is 6.30. The van der Waals surface area contributed by atoms with Crippen molar-refractivity contribution in [3.63, 3.8) is 0 Å². The third kappa shape index (κ3) is 2.67. The Balaban J connectivity index is 1.73. The summed E-state index contributed by atoms with van der Waals surface area (Å²) in [6, 6.07) is 9.11. The Kier molecular flexibility index (Phi) is 3.84. The Labute approximate surface area is 120 Å². The summed E-state index contributed by atoms with van der Waals surface area (Å²) in [6.45, 7) is 4.64. The molecule has 1 aromatic rings. The molecule has 2 N–H and O–H groups in total. The predicted molar refractivity (Wildman–Crippen MR) is 80.2 cm³/mol. The molecule has 4 unspecified atom stereocenters. The molecule has 0 bridgehead atoms. The molecular weight excluding hydrogens is 256 g/mol. The van der Waals surface area contributed by atoms with Crippen molar-refractivity contribution in [1.82, 2.24) is 4.90 Å². The van der Waals surface area contributed by atoms with Gasteiger partial charge in [-0.2, -0.15) is 0 Å². The van der Waals surface area contributed by atoms with E-state index in [1.165, 1.54) is 31.4 Å². The maximum Gasteiger partial charge on any atom is 0.0409 e. The van der Waals surface area contributed by atoms with Crippen molar-refractivity contribution in [3.8, 4) is 0 Å². The highest BCUT2D eigenvalue weighted by Gasteiger charge is 2.40. The maximum atomic E-state index is 6.30. The van der Waals surface area contributed by atoms with Gasteiger partial charge in [0.05, 0.1) is 0 Å². The fourth-order valence-corrected chi connectivity index (χ4v) is 4.04. The highest BCUT2D eigenvalue weighted by molar-refractivity contribution is 6.30. The zero-order valence-electron chi connectivity index (χ0n) is 11.6. The lowest BCUT2D eigenvalue weighted by atomic mass is 9.78. The summed E-state index contributed by atoms with van der Waals surface area (Å²) < 4.78 is 0. The van der Waals surface area contributed by atoms with Gasteiger partial charge in [-0.15, -0.1) is 0 Å². The van der Waals surface area contributed by atoms with E-state index in [-0.39, 0.29) is 0 Å². The second kappa shape index (κ2) is 5.43. The van der Waals surface area contributed by atoms with Gasteiger partial charge in [-0.25, -0.2) is 0 Å². The molecule has 1 aromatic carbocycles. The van der Waals surface area contributed by atoms with E-state index < -0.39 is 0 Å². The van der Waals surface area contributed by atoms with Crippen LogP contribution in [0.5, 0.6) is 0 Å². The Morgan fingerprint density at radius 3 is 2.89 bits per heavy atom. The summed E-state index contributed by atoms with van der Waals surface area (Å²) >= 11 is 6.10. The third-order valence-corrected chi connectivity index (χ3v) is 5.30. The highest BCUT2D eigenvalue weighted by Crippen LogP contribution is 2.39. The van der Waals surface area contributed by atoms with Crippen LogP contribution in [0.3, 0.4) is 0 Å². The molecule has 2 aliphatic rings. The number of fused-ring (bicyclic) bond motifs is 1. The topological polar surface area (TPSA) is 29.3 Å². The molecule has 3 rings (SSSR count). The van der Waals surface area contributed by atoms with E-state index in [9.17, 15) is 0 Å². The average Bonchev–Trinajstić information content (AvgIpc) is 2.83. The second-order valence-corrected chi connectivity index (χ2v) is 6.64. The predicted octanol–water partition coefficient (Wildman–Crippen LogP) is 3.46. The van der Waals surface area contributed by atoms with Crippen molar-refractivity contribution in [2.75, 3.05) is 13.1 Å². The monoisotopic (exact) mass is 278 g/mol. The lowest BCUT2D eigenvalue weighted by Crippen LogP contribution is -2.38. The Morgan fingerprint density at radius 1 is 1.32 bits per heavy atom. The van der Waals surface area contributed by atoms with Gasteiger partial charge in [0.1, 0.15) is 0 Å². The highest BCUT2D eigenvalue weighted by atomic mass is 35.5. The average molecular weight is 279 g/mol. The van der Waals surface area contributed by atoms with E-state index in [1.807, 2.05) is 12.1 Å². The smallest absolute Gasteiger partial charge is 0.0409 e. The summed E-state index contributed by atoms with van der Waals surface area (Å²) in [4.78, 5) is 2.59. The molecule has 104 valence electrons. The van der Waals surface area contributed by atoms with Crippen molar-refractivity contribution < 1.29 is 0 Å². The van der Waals surface area contributed by atoms with Gasteiger partial charge >= 0.3 is 0 Å². The van der Waals surface area contributed by atoms with Gasteiger partial charge in [0, 0.05) is 30.2 Å². The van der Waals surface area contributed by atoms with Crippen LogP contribution >= 0.6 is 11.6 Å². The quantitative estimate of drug-likeness (QED) is 0.898. The van der Waals surface area contributed by atoms with Gasteiger partial charge in [-0.1, -0.05) is 30.2 Å². The van der Waals surface area contributed by atoms with E-state index in [4.69, 9.17) is 17.3 Å². The fourth-order valence-electron chi connectivity index (χ4n) is 3.84. The first kappa shape index (κ1) is 13.4. The zero-order valence-corrected chi connectivity index (χ0v) is 12.3. The number of hydrogen-bond donors (Lipinski definition) is 1.